The van der Waals surface area contributed by atoms with Crippen LogP contribution in [0.2, 0.25) is 0 Å². The third-order valence-corrected chi connectivity index (χ3v) is 3.99. The SMILES string of the molecule is COC(=O)c1cc(S(=O)(=O)Nc2ccn(C)n2)ccc1O. The number of hydrogen-bond acceptors (Lipinski definition) is 6. The van der Waals surface area contributed by atoms with Crippen LogP contribution in [0.3, 0.4) is 0 Å². The fraction of sp³-hybridized carbons (Fsp3) is 0.167. The number of aromatic hydroxyl groups is 1. The average Bonchev–Trinajstić information content (AvgIpc) is 2.82. The Kier molecular flexibility index (Phi) is 3.85. The zero-order chi connectivity index (χ0) is 15.6. The van der Waals surface area contributed by atoms with Gasteiger partial charge in [-0.2, -0.15) is 5.10 Å². The van der Waals surface area contributed by atoms with Crippen molar-refractivity contribution in [2.45, 2.75) is 4.90 Å². The van der Waals surface area contributed by atoms with Crippen molar-refractivity contribution >= 4 is 21.8 Å². The average molecular weight is 311 g/mol. The number of aryl methyl sites for hydroxylation is 1. The lowest BCUT2D eigenvalue weighted by molar-refractivity contribution is 0.0597. The van der Waals surface area contributed by atoms with Crippen LogP contribution in [0, 0.1) is 0 Å². The van der Waals surface area contributed by atoms with Gasteiger partial charge in [0.25, 0.3) is 10.0 Å². The molecule has 2 N–H and O–H groups in total. The lowest BCUT2D eigenvalue weighted by Gasteiger charge is -2.08. The number of methoxy groups -OCH3 is 1. The highest BCUT2D eigenvalue weighted by Crippen LogP contribution is 2.23. The lowest BCUT2D eigenvalue weighted by atomic mass is 10.2. The molecule has 0 saturated carbocycles. The number of phenolic OH excluding ortho intramolecular Hbond substituents is 1. The molecule has 2 rings (SSSR count). The van der Waals surface area contributed by atoms with Crippen LogP contribution >= 0.6 is 0 Å². The molecule has 21 heavy (non-hydrogen) atoms. The van der Waals surface area contributed by atoms with E-state index in [1.807, 2.05) is 0 Å². The highest BCUT2D eigenvalue weighted by Gasteiger charge is 2.20. The number of phenols is 1. The van der Waals surface area contributed by atoms with Gasteiger partial charge in [-0.3, -0.25) is 9.40 Å². The van der Waals surface area contributed by atoms with Crippen LogP contribution in [0.1, 0.15) is 10.4 Å². The molecule has 1 aromatic carbocycles. The Bertz CT molecular complexity index is 782. The normalized spacial score (nSPS) is 11.1. The number of carbonyl (C=O) groups is 1. The van der Waals surface area contributed by atoms with E-state index in [4.69, 9.17) is 0 Å². The molecule has 1 aromatic heterocycles. The lowest BCUT2D eigenvalue weighted by Crippen LogP contribution is -2.14. The highest BCUT2D eigenvalue weighted by atomic mass is 32.2. The Labute approximate surface area is 121 Å². The molecule has 0 spiro atoms. The van der Waals surface area contributed by atoms with E-state index in [2.05, 4.69) is 14.6 Å². The van der Waals surface area contributed by atoms with Crippen LogP contribution < -0.4 is 4.72 Å². The molecule has 1 heterocycles. The van der Waals surface area contributed by atoms with Crippen LogP contribution in [0.25, 0.3) is 0 Å². The van der Waals surface area contributed by atoms with Crippen molar-refractivity contribution in [2.75, 3.05) is 11.8 Å². The van der Waals surface area contributed by atoms with Gasteiger partial charge >= 0.3 is 5.97 Å². The van der Waals surface area contributed by atoms with E-state index in [9.17, 15) is 18.3 Å². The first-order chi connectivity index (χ1) is 9.83. The Balaban J connectivity index is 2.38. The second kappa shape index (κ2) is 5.44. The van der Waals surface area contributed by atoms with Crippen LogP contribution in [-0.2, 0) is 21.8 Å². The van der Waals surface area contributed by atoms with Crippen molar-refractivity contribution in [1.29, 1.82) is 0 Å². The van der Waals surface area contributed by atoms with Gasteiger partial charge in [-0.1, -0.05) is 0 Å². The van der Waals surface area contributed by atoms with Gasteiger partial charge in [-0.25, -0.2) is 13.2 Å². The number of nitrogens with zero attached hydrogens (tertiary/aromatic N) is 2. The number of nitrogens with one attached hydrogen (secondary N) is 1. The van der Waals surface area contributed by atoms with E-state index in [1.165, 1.54) is 16.8 Å². The fourth-order valence-electron chi connectivity index (χ4n) is 1.62. The molecule has 0 bridgehead atoms. The van der Waals surface area contributed by atoms with Gasteiger partial charge in [0.2, 0.25) is 0 Å². The van der Waals surface area contributed by atoms with E-state index in [0.29, 0.717) is 0 Å². The topological polar surface area (TPSA) is 111 Å². The number of benzene rings is 1. The van der Waals surface area contributed by atoms with Crippen molar-refractivity contribution in [3.63, 3.8) is 0 Å². The first kappa shape index (κ1) is 14.9. The van der Waals surface area contributed by atoms with Crippen molar-refractivity contribution in [3.05, 3.63) is 36.0 Å². The first-order valence-electron chi connectivity index (χ1n) is 5.77. The van der Waals surface area contributed by atoms with Gasteiger partial charge < -0.3 is 9.84 Å². The predicted molar refractivity (Wildman–Crippen MR) is 73.5 cm³/mol. The number of carbonyl (C=O) groups excluding carboxylic acids is 1. The summed E-state index contributed by atoms with van der Waals surface area (Å²) in [6.45, 7) is 0. The molecule has 0 unspecified atom stereocenters. The number of aromatic nitrogens is 2. The highest BCUT2D eigenvalue weighted by molar-refractivity contribution is 7.92. The Morgan fingerprint density at radius 3 is 2.67 bits per heavy atom. The second-order valence-corrected chi connectivity index (χ2v) is 5.83. The van der Waals surface area contributed by atoms with Crippen LogP contribution in [0.4, 0.5) is 5.82 Å². The van der Waals surface area contributed by atoms with E-state index < -0.39 is 16.0 Å². The van der Waals surface area contributed by atoms with Gasteiger partial charge in [0.1, 0.15) is 11.3 Å². The summed E-state index contributed by atoms with van der Waals surface area (Å²) >= 11 is 0. The molecular weight excluding hydrogens is 298 g/mol. The summed E-state index contributed by atoms with van der Waals surface area (Å²) in [5.74, 6) is -1.05. The minimum Gasteiger partial charge on any atom is -0.507 e. The molecule has 0 atom stereocenters. The van der Waals surface area contributed by atoms with E-state index in [1.54, 1.807) is 13.2 Å². The number of ether oxygens (including phenoxy) is 1. The van der Waals surface area contributed by atoms with Crippen molar-refractivity contribution in [2.24, 2.45) is 7.05 Å². The first-order valence-corrected chi connectivity index (χ1v) is 7.25. The molecule has 0 fully saturated rings. The maximum absolute atomic E-state index is 12.2. The quantitative estimate of drug-likeness (QED) is 0.805. The minimum atomic E-state index is -3.93. The molecule has 0 aliphatic carbocycles. The Morgan fingerprint density at radius 1 is 1.38 bits per heavy atom. The number of rotatable bonds is 4. The number of sulfonamides is 1. The number of hydrogen-bond donors (Lipinski definition) is 2. The summed E-state index contributed by atoms with van der Waals surface area (Å²) in [6, 6.07) is 4.80. The van der Waals surface area contributed by atoms with Crippen LogP contribution in [-0.4, -0.2) is 36.4 Å². The molecule has 0 radical (unpaired) electrons. The predicted octanol–water partition coefficient (Wildman–Crippen LogP) is 0.713. The zero-order valence-electron chi connectivity index (χ0n) is 11.3. The summed E-state index contributed by atoms with van der Waals surface area (Å²) in [5, 5.41) is 13.5. The summed E-state index contributed by atoms with van der Waals surface area (Å²) in [5.41, 5.74) is -0.235. The molecular formula is C12H13N3O5S. The standard InChI is InChI=1S/C12H13N3O5S/c1-15-6-5-11(13-15)14-21(18,19)8-3-4-10(16)9(7-8)12(17)20-2/h3-7,16H,1-2H3,(H,13,14). The number of anilines is 1. The summed E-state index contributed by atoms with van der Waals surface area (Å²) in [6.07, 6.45) is 1.58. The zero-order valence-corrected chi connectivity index (χ0v) is 12.1. The van der Waals surface area contributed by atoms with Crippen molar-refractivity contribution < 1.29 is 23.1 Å². The van der Waals surface area contributed by atoms with Gasteiger partial charge in [-0.05, 0) is 18.2 Å². The third-order valence-electron chi connectivity index (χ3n) is 2.64. The van der Waals surface area contributed by atoms with Crippen molar-refractivity contribution in [1.82, 2.24) is 9.78 Å². The van der Waals surface area contributed by atoms with Gasteiger partial charge in [0, 0.05) is 19.3 Å². The molecule has 2 aromatic rings. The molecule has 112 valence electrons. The summed E-state index contributed by atoms with van der Waals surface area (Å²) < 4.78 is 32.6. The monoisotopic (exact) mass is 311 g/mol. The van der Waals surface area contributed by atoms with Gasteiger partial charge in [0.05, 0.1) is 12.0 Å². The van der Waals surface area contributed by atoms with Gasteiger partial charge in [0.15, 0.2) is 5.82 Å². The molecule has 8 nitrogen and oxygen atoms in total. The van der Waals surface area contributed by atoms with Crippen LogP contribution in [0.15, 0.2) is 35.4 Å². The van der Waals surface area contributed by atoms with E-state index in [0.717, 1.165) is 19.2 Å². The van der Waals surface area contributed by atoms with E-state index >= 15 is 0 Å². The fourth-order valence-corrected chi connectivity index (χ4v) is 2.64. The maximum Gasteiger partial charge on any atom is 0.341 e. The molecule has 0 amide bonds. The summed E-state index contributed by atoms with van der Waals surface area (Å²) in [4.78, 5) is 11.3. The summed E-state index contributed by atoms with van der Waals surface area (Å²) in [7, 11) is -1.15. The molecule has 0 aliphatic rings. The maximum atomic E-state index is 12.2. The van der Waals surface area contributed by atoms with E-state index in [-0.39, 0.29) is 22.0 Å². The third kappa shape index (κ3) is 3.14. The largest absolute Gasteiger partial charge is 0.507 e. The van der Waals surface area contributed by atoms with Crippen molar-refractivity contribution in [3.8, 4) is 5.75 Å². The Morgan fingerprint density at radius 2 is 2.10 bits per heavy atom. The number of esters is 1. The second-order valence-electron chi connectivity index (χ2n) is 4.15. The van der Waals surface area contributed by atoms with Crippen LogP contribution in [0.5, 0.6) is 5.75 Å². The van der Waals surface area contributed by atoms with Gasteiger partial charge in [-0.15, -0.1) is 0 Å². The molecule has 0 aliphatic heterocycles. The Hall–Kier alpha value is -2.55. The molecule has 0 saturated heterocycles. The smallest absolute Gasteiger partial charge is 0.341 e. The molecule has 9 heteroatoms. The minimum absolute atomic E-state index is 0.144.